The molecule has 5 nitrogen and oxygen atoms in total. The molecule has 0 bridgehead atoms. The molecule has 0 spiro atoms. The number of aliphatic hydroxyl groups excluding tert-OH is 1. The van der Waals surface area contributed by atoms with Gasteiger partial charge in [0.15, 0.2) is 9.84 Å². The fraction of sp³-hybridized carbons (Fsp3) is 0.333. The molecule has 39 heavy (non-hydrogen) atoms. The Morgan fingerprint density at radius 2 is 1.67 bits per heavy atom. The Bertz CT molecular complexity index is 1390. The van der Waals surface area contributed by atoms with Crippen LogP contribution in [0.25, 0.3) is 0 Å². The molecule has 12 heteroatoms. The predicted molar refractivity (Wildman–Crippen MR) is 132 cm³/mol. The van der Waals surface area contributed by atoms with E-state index >= 15 is 0 Å². The van der Waals surface area contributed by atoms with Crippen LogP contribution < -0.4 is 4.74 Å². The summed E-state index contributed by atoms with van der Waals surface area (Å²) in [5.74, 6) is -2.90. The van der Waals surface area contributed by atoms with Crippen LogP contribution in [0.4, 0.5) is 26.3 Å². The molecule has 3 aromatic rings. The first kappa shape index (κ1) is 30.5. The highest BCUT2D eigenvalue weighted by atomic mass is 32.2. The molecule has 0 heterocycles. The molecule has 0 saturated heterocycles. The van der Waals surface area contributed by atoms with Gasteiger partial charge in [0.2, 0.25) is 0 Å². The molecule has 212 valence electrons. The average Bonchev–Trinajstić information content (AvgIpc) is 2.82. The number of rotatable bonds is 11. The van der Waals surface area contributed by atoms with Crippen molar-refractivity contribution < 1.29 is 44.6 Å². The van der Waals surface area contributed by atoms with E-state index in [4.69, 9.17) is 4.74 Å². The minimum Gasteiger partial charge on any atom is -0.493 e. The molecule has 0 aliphatic carbocycles. The van der Waals surface area contributed by atoms with E-state index in [9.17, 15) is 39.9 Å². The van der Waals surface area contributed by atoms with Crippen molar-refractivity contribution in [2.24, 2.45) is 0 Å². The van der Waals surface area contributed by atoms with Gasteiger partial charge in [0.05, 0.1) is 23.2 Å². The second-order valence-corrected chi connectivity index (χ2v) is 11.1. The van der Waals surface area contributed by atoms with E-state index in [0.717, 1.165) is 24.5 Å². The molecule has 0 aliphatic heterocycles. The van der Waals surface area contributed by atoms with Crippen molar-refractivity contribution in [2.45, 2.75) is 43.6 Å². The largest absolute Gasteiger partial charge is 0.493 e. The molecule has 1 atom stereocenters. The van der Waals surface area contributed by atoms with Gasteiger partial charge < -0.3 is 9.84 Å². The van der Waals surface area contributed by atoms with Crippen molar-refractivity contribution in [3.8, 4) is 5.75 Å². The summed E-state index contributed by atoms with van der Waals surface area (Å²) in [4.78, 5) is 1.24. The zero-order valence-electron chi connectivity index (χ0n) is 21.1. The Balaban J connectivity index is 1.76. The first-order valence-electron chi connectivity index (χ1n) is 11.8. The van der Waals surface area contributed by atoms with Gasteiger partial charge in [0.25, 0.3) is 0 Å². The molecule has 1 unspecified atom stereocenters. The average molecular weight is 576 g/mol. The van der Waals surface area contributed by atoms with Gasteiger partial charge in [0, 0.05) is 43.1 Å². The monoisotopic (exact) mass is 575 g/mol. The second kappa shape index (κ2) is 12.4. The van der Waals surface area contributed by atoms with Gasteiger partial charge in [-0.25, -0.2) is 21.6 Å². The summed E-state index contributed by atoms with van der Waals surface area (Å²) in [6, 6.07) is 10.5. The molecule has 0 aliphatic rings. The highest BCUT2D eigenvalue weighted by Gasteiger charge is 2.35. The van der Waals surface area contributed by atoms with Crippen molar-refractivity contribution >= 4 is 9.84 Å². The van der Waals surface area contributed by atoms with E-state index in [1.165, 1.54) is 37.3 Å². The van der Waals surface area contributed by atoms with Crippen LogP contribution in [0.5, 0.6) is 5.75 Å². The van der Waals surface area contributed by atoms with Gasteiger partial charge in [-0.2, -0.15) is 13.2 Å². The normalized spacial score (nSPS) is 13.1. The molecule has 0 aromatic heterocycles. The molecule has 1 N–H and O–H groups in total. The fourth-order valence-corrected chi connectivity index (χ4v) is 5.06. The predicted octanol–water partition coefficient (Wildman–Crippen LogP) is 6.05. The van der Waals surface area contributed by atoms with Crippen LogP contribution in [0.1, 0.15) is 41.7 Å². The van der Waals surface area contributed by atoms with Crippen LogP contribution in [-0.2, 0) is 29.1 Å². The quantitative estimate of drug-likeness (QED) is 0.223. The number of hydrogen-bond donors (Lipinski definition) is 1. The lowest BCUT2D eigenvalue weighted by molar-refractivity contribution is -0.140. The number of nitrogens with zero attached hydrogens (tertiary/aromatic N) is 1. The van der Waals surface area contributed by atoms with Crippen LogP contribution in [-0.4, -0.2) is 37.8 Å². The molecule has 0 radical (unpaired) electrons. The molecule has 0 amide bonds. The summed E-state index contributed by atoms with van der Waals surface area (Å²) in [5, 5.41) is 9.79. The fourth-order valence-electron chi connectivity index (χ4n) is 4.07. The number of alkyl halides is 3. The Kier molecular flexibility index (Phi) is 9.68. The second-order valence-electron chi connectivity index (χ2n) is 9.08. The molecule has 0 saturated carbocycles. The topological polar surface area (TPSA) is 66.8 Å². The van der Waals surface area contributed by atoms with Gasteiger partial charge >= 0.3 is 6.18 Å². The third-order valence-electron chi connectivity index (χ3n) is 5.87. The SMILES string of the molecule is CC(O)c1c(F)cc(OCCCN(Cc2ccc(F)cc2)Cc2cccc(C(F)(F)F)c2F)cc1S(C)(=O)=O. The van der Waals surface area contributed by atoms with Crippen molar-refractivity contribution in [3.63, 3.8) is 0 Å². The maximum Gasteiger partial charge on any atom is 0.419 e. The number of hydrogen-bond acceptors (Lipinski definition) is 5. The van der Waals surface area contributed by atoms with Crippen LogP contribution >= 0.6 is 0 Å². The van der Waals surface area contributed by atoms with Crippen LogP contribution in [0.3, 0.4) is 0 Å². The number of sulfone groups is 1. The smallest absolute Gasteiger partial charge is 0.419 e. The highest BCUT2D eigenvalue weighted by Crippen LogP contribution is 2.33. The maximum atomic E-state index is 14.7. The van der Waals surface area contributed by atoms with Gasteiger partial charge in [-0.1, -0.05) is 24.3 Å². The molecular formula is C27H27F6NO4S. The van der Waals surface area contributed by atoms with Crippen molar-refractivity contribution in [1.82, 2.24) is 4.90 Å². The summed E-state index contributed by atoms with van der Waals surface area (Å²) in [6.07, 6.45) is -5.12. The van der Waals surface area contributed by atoms with Gasteiger partial charge in [0.1, 0.15) is 23.2 Å². The molecular weight excluding hydrogens is 548 g/mol. The van der Waals surface area contributed by atoms with Gasteiger partial charge in [-0.05, 0) is 43.2 Å². The summed E-state index contributed by atoms with van der Waals surface area (Å²) in [5.41, 5.74) is -1.30. The Hall–Kier alpha value is -3.09. The summed E-state index contributed by atoms with van der Waals surface area (Å²) >= 11 is 0. The van der Waals surface area contributed by atoms with Crippen LogP contribution in [0.15, 0.2) is 59.5 Å². The summed E-state index contributed by atoms with van der Waals surface area (Å²) < 4.78 is 112. The third-order valence-corrected chi connectivity index (χ3v) is 7.00. The third kappa shape index (κ3) is 8.20. The van der Waals surface area contributed by atoms with E-state index in [-0.39, 0.29) is 49.5 Å². The number of halogens is 6. The first-order chi connectivity index (χ1) is 18.2. The molecule has 3 aromatic carbocycles. The zero-order chi connectivity index (χ0) is 29.0. The zero-order valence-corrected chi connectivity index (χ0v) is 21.9. The van der Waals surface area contributed by atoms with E-state index in [1.807, 2.05) is 0 Å². The highest BCUT2D eigenvalue weighted by molar-refractivity contribution is 7.90. The van der Waals surface area contributed by atoms with Crippen molar-refractivity contribution in [1.29, 1.82) is 0 Å². The van der Waals surface area contributed by atoms with E-state index in [2.05, 4.69) is 0 Å². The number of aliphatic hydroxyl groups is 1. The van der Waals surface area contributed by atoms with Crippen LogP contribution in [0, 0.1) is 17.5 Å². The number of benzene rings is 3. The molecule has 0 fully saturated rings. The molecule has 3 rings (SSSR count). The Morgan fingerprint density at radius 1 is 1.00 bits per heavy atom. The lowest BCUT2D eigenvalue weighted by Gasteiger charge is -2.24. The number of ether oxygens (including phenoxy) is 1. The Morgan fingerprint density at radius 3 is 2.26 bits per heavy atom. The van der Waals surface area contributed by atoms with E-state index in [1.54, 1.807) is 4.90 Å². The van der Waals surface area contributed by atoms with Gasteiger partial charge in [-0.3, -0.25) is 4.90 Å². The summed E-state index contributed by atoms with van der Waals surface area (Å²) in [6.45, 7) is 1.35. The standard InChI is InChI=1S/C27H27F6NO4S/c1-17(35)25-23(29)13-21(14-24(25)39(2,36)37)38-12-4-11-34(15-18-7-9-20(28)10-8-18)16-19-5-3-6-22(26(19)30)27(31,32)33/h3,5-10,13-14,17,35H,4,11-12,15-16H2,1-2H3. The Labute approximate surface area is 222 Å². The van der Waals surface area contributed by atoms with E-state index in [0.29, 0.717) is 11.6 Å². The van der Waals surface area contributed by atoms with Crippen molar-refractivity contribution in [2.75, 3.05) is 19.4 Å². The summed E-state index contributed by atoms with van der Waals surface area (Å²) in [7, 11) is -3.89. The minimum atomic E-state index is -4.86. The van der Waals surface area contributed by atoms with E-state index < -0.39 is 50.0 Å². The lowest BCUT2D eigenvalue weighted by atomic mass is 10.1. The van der Waals surface area contributed by atoms with Gasteiger partial charge in [-0.15, -0.1) is 0 Å². The minimum absolute atomic E-state index is 0.0400. The first-order valence-corrected chi connectivity index (χ1v) is 13.7. The maximum absolute atomic E-state index is 14.7. The van der Waals surface area contributed by atoms with Crippen molar-refractivity contribution in [3.05, 3.63) is 94.3 Å². The lowest BCUT2D eigenvalue weighted by Crippen LogP contribution is -2.26. The van der Waals surface area contributed by atoms with Crippen LogP contribution in [0.2, 0.25) is 0 Å².